The van der Waals surface area contributed by atoms with Crippen LogP contribution in [0.4, 0.5) is 0 Å². The van der Waals surface area contributed by atoms with Crippen molar-refractivity contribution < 1.29 is 23.8 Å². The summed E-state index contributed by atoms with van der Waals surface area (Å²) < 4.78 is 16.8. The predicted molar refractivity (Wildman–Crippen MR) is 116 cm³/mol. The second-order valence-electron chi connectivity index (χ2n) is 7.86. The molecule has 7 heteroatoms. The molecule has 2 fully saturated rings. The second-order valence-corrected chi connectivity index (χ2v) is 7.86. The minimum absolute atomic E-state index is 0.00232. The molecule has 0 N–H and O–H groups in total. The summed E-state index contributed by atoms with van der Waals surface area (Å²) in [7, 11) is 3.08. The quantitative estimate of drug-likeness (QED) is 0.713. The molecule has 7 nitrogen and oxygen atoms in total. The summed E-state index contributed by atoms with van der Waals surface area (Å²) in [6.45, 7) is 1.83. The molecule has 4 rings (SSSR count). The summed E-state index contributed by atoms with van der Waals surface area (Å²) in [6, 6.07) is 14.0. The zero-order chi connectivity index (χ0) is 21.8. The third-order valence-electron chi connectivity index (χ3n) is 5.91. The summed E-state index contributed by atoms with van der Waals surface area (Å²) >= 11 is 0. The molecule has 2 amide bonds. The van der Waals surface area contributed by atoms with Crippen LogP contribution in [0.25, 0.3) is 0 Å². The Kier molecular flexibility index (Phi) is 6.30. The standard InChI is InChI=1S/C24H28N2O5/c1-29-18-10-11-20(22(15-18)30-2)23(27)26-16-19(31-17-8-4-3-5-9-17)14-21(26)24(28)25-12-6-7-13-25/h3-5,8-11,15,19,21H,6-7,12-14,16H2,1-2H3. The van der Waals surface area contributed by atoms with E-state index < -0.39 is 6.04 Å². The van der Waals surface area contributed by atoms with Gasteiger partial charge in [0.1, 0.15) is 29.4 Å². The molecule has 164 valence electrons. The van der Waals surface area contributed by atoms with Crippen molar-refractivity contribution in [3.05, 3.63) is 54.1 Å². The van der Waals surface area contributed by atoms with Crippen LogP contribution in [0.3, 0.4) is 0 Å². The Morgan fingerprint density at radius 3 is 2.35 bits per heavy atom. The highest BCUT2D eigenvalue weighted by atomic mass is 16.5. The molecule has 0 saturated carbocycles. The molecule has 31 heavy (non-hydrogen) atoms. The van der Waals surface area contributed by atoms with Crippen LogP contribution < -0.4 is 14.2 Å². The average Bonchev–Trinajstić information content (AvgIpc) is 3.49. The molecule has 0 radical (unpaired) electrons. The zero-order valence-electron chi connectivity index (χ0n) is 18.0. The number of methoxy groups -OCH3 is 2. The van der Waals surface area contributed by atoms with Gasteiger partial charge in [-0.1, -0.05) is 18.2 Å². The molecular weight excluding hydrogens is 396 g/mol. The van der Waals surface area contributed by atoms with E-state index in [-0.39, 0.29) is 17.9 Å². The largest absolute Gasteiger partial charge is 0.497 e. The molecule has 0 aliphatic carbocycles. The van der Waals surface area contributed by atoms with Crippen molar-refractivity contribution in [1.29, 1.82) is 0 Å². The molecule has 2 heterocycles. The topological polar surface area (TPSA) is 68.3 Å². The van der Waals surface area contributed by atoms with Crippen molar-refractivity contribution in [3.63, 3.8) is 0 Å². The highest BCUT2D eigenvalue weighted by Crippen LogP contribution is 2.31. The van der Waals surface area contributed by atoms with Gasteiger partial charge >= 0.3 is 0 Å². The fourth-order valence-corrected chi connectivity index (χ4v) is 4.31. The maximum absolute atomic E-state index is 13.5. The van der Waals surface area contributed by atoms with Crippen LogP contribution in [0.15, 0.2) is 48.5 Å². The lowest BCUT2D eigenvalue weighted by atomic mass is 10.1. The third kappa shape index (κ3) is 4.45. The summed E-state index contributed by atoms with van der Waals surface area (Å²) in [5.41, 5.74) is 0.405. The van der Waals surface area contributed by atoms with Crippen LogP contribution >= 0.6 is 0 Å². The summed E-state index contributed by atoms with van der Waals surface area (Å²) in [6.07, 6.45) is 2.21. The number of hydrogen-bond acceptors (Lipinski definition) is 5. The Balaban J connectivity index is 1.60. The monoisotopic (exact) mass is 424 g/mol. The van der Waals surface area contributed by atoms with Crippen molar-refractivity contribution in [3.8, 4) is 17.2 Å². The van der Waals surface area contributed by atoms with Gasteiger partial charge in [-0.2, -0.15) is 0 Å². The number of para-hydroxylation sites is 1. The summed E-state index contributed by atoms with van der Waals surface area (Å²) in [4.78, 5) is 30.3. The van der Waals surface area contributed by atoms with Crippen LogP contribution in [-0.2, 0) is 4.79 Å². The van der Waals surface area contributed by atoms with Gasteiger partial charge in [0.2, 0.25) is 5.91 Å². The Bertz CT molecular complexity index is 927. The highest BCUT2D eigenvalue weighted by Gasteiger charge is 2.43. The van der Waals surface area contributed by atoms with E-state index >= 15 is 0 Å². The average molecular weight is 424 g/mol. The van der Waals surface area contributed by atoms with Crippen LogP contribution in [0.2, 0.25) is 0 Å². The normalized spacial score (nSPS) is 20.6. The Labute approximate surface area is 182 Å². The number of nitrogens with zero attached hydrogens (tertiary/aromatic N) is 2. The number of rotatable bonds is 6. The fraction of sp³-hybridized carbons (Fsp3) is 0.417. The van der Waals surface area contributed by atoms with Crippen LogP contribution in [-0.4, -0.2) is 67.6 Å². The first-order valence-electron chi connectivity index (χ1n) is 10.6. The van der Waals surface area contributed by atoms with Crippen molar-refractivity contribution in [2.45, 2.75) is 31.4 Å². The van der Waals surface area contributed by atoms with E-state index in [2.05, 4.69) is 0 Å². The lowest BCUT2D eigenvalue weighted by Crippen LogP contribution is -2.47. The maximum atomic E-state index is 13.5. The lowest BCUT2D eigenvalue weighted by molar-refractivity contribution is -0.134. The molecule has 2 aliphatic heterocycles. The molecular formula is C24H28N2O5. The zero-order valence-corrected chi connectivity index (χ0v) is 18.0. The summed E-state index contributed by atoms with van der Waals surface area (Å²) in [5.74, 6) is 1.51. The van der Waals surface area contributed by atoms with E-state index in [1.54, 1.807) is 30.2 Å². The number of carbonyl (C=O) groups is 2. The van der Waals surface area contributed by atoms with Crippen LogP contribution in [0.5, 0.6) is 17.2 Å². The number of benzene rings is 2. The second kappa shape index (κ2) is 9.29. The number of carbonyl (C=O) groups excluding carboxylic acids is 2. The van der Waals surface area contributed by atoms with Gasteiger partial charge in [0.05, 0.1) is 26.3 Å². The van der Waals surface area contributed by atoms with E-state index in [1.807, 2.05) is 35.2 Å². The fourth-order valence-electron chi connectivity index (χ4n) is 4.31. The smallest absolute Gasteiger partial charge is 0.258 e. The molecule has 2 aliphatic rings. The lowest BCUT2D eigenvalue weighted by Gasteiger charge is -2.27. The Hall–Kier alpha value is -3.22. The molecule has 0 aromatic heterocycles. The Morgan fingerprint density at radius 1 is 0.935 bits per heavy atom. The number of amides is 2. The summed E-state index contributed by atoms with van der Waals surface area (Å²) in [5, 5.41) is 0. The van der Waals surface area contributed by atoms with Gasteiger partial charge in [0, 0.05) is 25.6 Å². The van der Waals surface area contributed by atoms with E-state index in [0.29, 0.717) is 30.0 Å². The SMILES string of the molecule is COc1ccc(C(=O)N2CC(Oc3ccccc3)CC2C(=O)N2CCCC2)c(OC)c1. The van der Waals surface area contributed by atoms with Gasteiger partial charge in [-0.15, -0.1) is 0 Å². The van der Waals surface area contributed by atoms with E-state index in [9.17, 15) is 9.59 Å². The van der Waals surface area contributed by atoms with Crippen molar-refractivity contribution in [2.75, 3.05) is 33.9 Å². The van der Waals surface area contributed by atoms with Gasteiger partial charge in [-0.05, 0) is 37.1 Å². The van der Waals surface area contributed by atoms with Gasteiger partial charge in [0.25, 0.3) is 5.91 Å². The van der Waals surface area contributed by atoms with Crippen molar-refractivity contribution in [1.82, 2.24) is 9.80 Å². The number of likely N-dealkylation sites (tertiary alicyclic amines) is 2. The molecule has 0 spiro atoms. The minimum atomic E-state index is -0.550. The van der Waals surface area contributed by atoms with Crippen molar-refractivity contribution >= 4 is 11.8 Å². The van der Waals surface area contributed by atoms with Gasteiger partial charge in [0.15, 0.2) is 0 Å². The van der Waals surface area contributed by atoms with Gasteiger partial charge < -0.3 is 24.0 Å². The van der Waals surface area contributed by atoms with E-state index in [1.165, 1.54) is 7.11 Å². The van der Waals surface area contributed by atoms with Crippen molar-refractivity contribution in [2.24, 2.45) is 0 Å². The van der Waals surface area contributed by atoms with Gasteiger partial charge in [-0.25, -0.2) is 0 Å². The molecule has 2 aromatic rings. The highest BCUT2D eigenvalue weighted by molar-refractivity contribution is 6.00. The predicted octanol–water partition coefficient (Wildman–Crippen LogP) is 2.99. The molecule has 2 unspecified atom stereocenters. The third-order valence-corrected chi connectivity index (χ3v) is 5.91. The minimum Gasteiger partial charge on any atom is -0.497 e. The van der Waals surface area contributed by atoms with E-state index in [0.717, 1.165) is 31.7 Å². The van der Waals surface area contributed by atoms with Crippen LogP contribution in [0, 0.1) is 0 Å². The van der Waals surface area contributed by atoms with Gasteiger partial charge in [-0.3, -0.25) is 9.59 Å². The maximum Gasteiger partial charge on any atom is 0.258 e. The molecule has 2 saturated heterocycles. The molecule has 0 bridgehead atoms. The number of hydrogen-bond donors (Lipinski definition) is 0. The van der Waals surface area contributed by atoms with E-state index in [4.69, 9.17) is 14.2 Å². The molecule has 2 atom stereocenters. The first-order chi connectivity index (χ1) is 15.1. The first-order valence-corrected chi connectivity index (χ1v) is 10.6. The molecule has 2 aromatic carbocycles. The first kappa shape index (κ1) is 21.0. The number of ether oxygens (including phenoxy) is 3. The Morgan fingerprint density at radius 2 is 1.68 bits per heavy atom. The van der Waals surface area contributed by atoms with Crippen LogP contribution in [0.1, 0.15) is 29.6 Å².